The van der Waals surface area contributed by atoms with Crippen molar-refractivity contribution < 1.29 is 14.6 Å². The maximum Gasteiger partial charge on any atom is 0.309 e. The third kappa shape index (κ3) is 6.86. The van der Waals surface area contributed by atoms with Crippen molar-refractivity contribution in [2.45, 2.75) is 33.3 Å². The summed E-state index contributed by atoms with van der Waals surface area (Å²) in [6, 6.07) is 0. The highest BCUT2D eigenvalue weighted by molar-refractivity contribution is 5.72. The molecule has 0 aliphatic heterocycles. The Morgan fingerprint density at radius 2 is 2.14 bits per heavy atom. The first-order valence-corrected chi connectivity index (χ1v) is 4.96. The lowest BCUT2D eigenvalue weighted by Gasteiger charge is -2.19. The Labute approximate surface area is 85.6 Å². The fourth-order valence-corrected chi connectivity index (χ4v) is 0.962. The molecule has 0 aromatic carbocycles. The van der Waals surface area contributed by atoms with E-state index in [2.05, 4.69) is 5.32 Å². The van der Waals surface area contributed by atoms with Crippen molar-refractivity contribution in [2.24, 2.45) is 5.92 Å². The highest BCUT2D eigenvalue weighted by Crippen LogP contribution is 2.00. The maximum absolute atomic E-state index is 11.2. The molecule has 0 spiro atoms. The number of esters is 1. The molecule has 1 atom stereocenters. The first kappa shape index (κ1) is 13.4. The molecule has 0 radical (unpaired) electrons. The average molecular weight is 203 g/mol. The predicted molar refractivity (Wildman–Crippen MR) is 55.0 cm³/mol. The van der Waals surface area contributed by atoms with Crippen molar-refractivity contribution in [1.82, 2.24) is 5.32 Å². The summed E-state index contributed by atoms with van der Waals surface area (Å²) in [6.45, 7) is 8.43. The molecule has 0 aliphatic rings. The molecule has 0 amide bonds. The number of carbonyl (C=O) groups excluding carboxylic acids is 1. The molecule has 0 bridgehead atoms. The minimum atomic E-state index is -0.742. The van der Waals surface area contributed by atoms with E-state index in [0.29, 0.717) is 19.7 Å². The van der Waals surface area contributed by atoms with Gasteiger partial charge >= 0.3 is 5.97 Å². The normalized spacial score (nSPS) is 13.8. The Balaban J connectivity index is 3.63. The summed E-state index contributed by atoms with van der Waals surface area (Å²) in [5.74, 6) is -0.368. The minimum Gasteiger partial charge on any atom is -0.466 e. The van der Waals surface area contributed by atoms with Crippen LogP contribution in [0.25, 0.3) is 0 Å². The molecule has 2 N–H and O–H groups in total. The van der Waals surface area contributed by atoms with Crippen LogP contribution < -0.4 is 5.32 Å². The van der Waals surface area contributed by atoms with Crippen LogP contribution in [0.15, 0.2) is 0 Å². The zero-order chi connectivity index (χ0) is 11.2. The number of rotatable bonds is 6. The molecule has 0 aromatic heterocycles. The monoisotopic (exact) mass is 203 g/mol. The molecular formula is C10H21NO3. The van der Waals surface area contributed by atoms with Gasteiger partial charge in [-0.25, -0.2) is 0 Å². The van der Waals surface area contributed by atoms with Gasteiger partial charge in [0.1, 0.15) is 0 Å². The van der Waals surface area contributed by atoms with E-state index < -0.39 is 5.60 Å². The van der Waals surface area contributed by atoms with Crippen LogP contribution in [0.4, 0.5) is 0 Å². The number of nitrogens with one attached hydrogen (secondary N) is 1. The van der Waals surface area contributed by atoms with Crippen LogP contribution in [0.2, 0.25) is 0 Å². The fourth-order valence-electron chi connectivity index (χ4n) is 0.962. The van der Waals surface area contributed by atoms with E-state index in [0.717, 1.165) is 0 Å². The van der Waals surface area contributed by atoms with Crippen LogP contribution >= 0.6 is 0 Å². The first-order chi connectivity index (χ1) is 6.37. The van der Waals surface area contributed by atoms with Gasteiger partial charge in [0.15, 0.2) is 0 Å². The molecule has 0 aromatic rings. The molecule has 4 heteroatoms. The van der Waals surface area contributed by atoms with Gasteiger partial charge in [-0.1, -0.05) is 6.92 Å². The highest BCUT2D eigenvalue weighted by atomic mass is 16.5. The number of aliphatic hydroxyl groups is 1. The second kappa shape index (κ2) is 5.98. The van der Waals surface area contributed by atoms with Crippen molar-refractivity contribution in [2.75, 3.05) is 19.7 Å². The largest absolute Gasteiger partial charge is 0.466 e. The molecule has 0 fully saturated rings. The van der Waals surface area contributed by atoms with Crippen LogP contribution in [-0.2, 0) is 9.53 Å². The van der Waals surface area contributed by atoms with Crippen molar-refractivity contribution in [1.29, 1.82) is 0 Å². The minimum absolute atomic E-state index is 0.169. The van der Waals surface area contributed by atoms with Crippen LogP contribution in [0.3, 0.4) is 0 Å². The second-order valence-corrected chi connectivity index (χ2v) is 4.10. The topological polar surface area (TPSA) is 58.6 Å². The summed E-state index contributed by atoms with van der Waals surface area (Å²) < 4.78 is 4.84. The van der Waals surface area contributed by atoms with E-state index in [1.807, 2.05) is 0 Å². The van der Waals surface area contributed by atoms with E-state index in [1.165, 1.54) is 0 Å². The van der Waals surface area contributed by atoms with E-state index in [-0.39, 0.29) is 11.9 Å². The van der Waals surface area contributed by atoms with Gasteiger partial charge in [-0.2, -0.15) is 0 Å². The summed E-state index contributed by atoms with van der Waals surface area (Å²) in [4.78, 5) is 11.2. The summed E-state index contributed by atoms with van der Waals surface area (Å²) in [5.41, 5.74) is -0.742. The van der Waals surface area contributed by atoms with Crippen molar-refractivity contribution in [3.63, 3.8) is 0 Å². The average Bonchev–Trinajstić information content (AvgIpc) is 2.02. The predicted octanol–water partition coefficient (Wildman–Crippen LogP) is 0.546. The second-order valence-electron chi connectivity index (χ2n) is 4.10. The highest BCUT2D eigenvalue weighted by Gasteiger charge is 2.16. The lowest BCUT2D eigenvalue weighted by molar-refractivity contribution is -0.147. The number of ether oxygens (including phenoxy) is 1. The van der Waals surface area contributed by atoms with Crippen LogP contribution in [0.5, 0.6) is 0 Å². The first-order valence-electron chi connectivity index (χ1n) is 4.96. The third-order valence-electron chi connectivity index (χ3n) is 1.70. The van der Waals surface area contributed by atoms with Gasteiger partial charge in [0.2, 0.25) is 0 Å². The Hall–Kier alpha value is -0.610. The molecule has 0 rings (SSSR count). The Morgan fingerprint density at radius 3 is 2.57 bits per heavy atom. The number of carbonyl (C=O) groups is 1. The maximum atomic E-state index is 11.2. The zero-order valence-corrected chi connectivity index (χ0v) is 9.46. The van der Waals surface area contributed by atoms with Gasteiger partial charge in [-0.3, -0.25) is 4.79 Å². The van der Waals surface area contributed by atoms with Gasteiger partial charge in [0.05, 0.1) is 18.1 Å². The standard InChI is InChI=1S/C10H21NO3/c1-5-14-9(12)8(2)6-11-7-10(3,4)13/h8,11,13H,5-7H2,1-4H3. The number of hydrogen-bond acceptors (Lipinski definition) is 4. The Bertz CT molecular complexity index is 175. The van der Waals surface area contributed by atoms with E-state index in [9.17, 15) is 9.90 Å². The molecule has 14 heavy (non-hydrogen) atoms. The molecule has 0 aliphatic carbocycles. The van der Waals surface area contributed by atoms with E-state index in [4.69, 9.17) is 4.74 Å². The van der Waals surface area contributed by atoms with Crippen LogP contribution in [0.1, 0.15) is 27.7 Å². The molecule has 0 heterocycles. The van der Waals surface area contributed by atoms with E-state index >= 15 is 0 Å². The van der Waals surface area contributed by atoms with Gasteiger partial charge in [-0.15, -0.1) is 0 Å². The summed E-state index contributed by atoms with van der Waals surface area (Å²) in [7, 11) is 0. The van der Waals surface area contributed by atoms with Crippen LogP contribution in [-0.4, -0.2) is 36.4 Å². The van der Waals surface area contributed by atoms with Gasteiger partial charge in [-0.05, 0) is 20.8 Å². The summed E-state index contributed by atoms with van der Waals surface area (Å²) >= 11 is 0. The van der Waals surface area contributed by atoms with Gasteiger partial charge < -0.3 is 15.2 Å². The lowest BCUT2D eigenvalue weighted by atomic mass is 10.1. The molecular weight excluding hydrogens is 182 g/mol. The lowest BCUT2D eigenvalue weighted by Crippen LogP contribution is -2.38. The van der Waals surface area contributed by atoms with E-state index in [1.54, 1.807) is 27.7 Å². The van der Waals surface area contributed by atoms with Crippen molar-refractivity contribution in [3.05, 3.63) is 0 Å². The molecule has 4 nitrogen and oxygen atoms in total. The van der Waals surface area contributed by atoms with Gasteiger partial charge in [0.25, 0.3) is 0 Å². The quantitative estimate of drug-likeness (QED) is 0.619. The van der Waals surface area contributed by atoms with Crippen molar-refractivity contribution >= 4 is 5.97 Å². The number of hydrogen-bond donors (Lipinski definition) is 2. The zero-order valence-electron chi connectivity index (χ0n) is 9.46. The Kier molecular flexibility index (Phi) is 5.72. The van der Waals surface area contributed by atoms with Crippen molar-refractivity contribution in [3.8, 4) is 0 Å². The Morgan fingerprint density at radius 1 is 1.57 bits per heavy atom. The summed E-state index contributed by atoms with van der Waals surface area (Å²) in [6.07, 6.45) is 0. The van der Waals surface area contributed by atoms with Gasteiger partial charge in [0, 0.05) is 13.1 Å². The summed E-state index contributed by atoms with van der Waals surface area (Å²) in [5, 5.41) is 12.4. The smallest absolute Gasteiger partial charge is 0.309 e. The molecule has 0 saturated carbocycles. The fraction of sp³-hybridized carbons (Fsp3) is 0.900. The molecule has 0 saturated heterocycles. The third-order valence-corrected chi connectivity index (χ3v) is 1.70. The van der Waals surface area contributed by atoms with Crippen LogP contribution in [0, 0.1) is 5.92 Å². The molecule has 84 valence electrons. The SMILES string of the molecule is CCOC(=O)C(C)CNCC(C)(C)O. The molecule has 1 unspecified atom stereocenters.